The second-order valence-electron chi connectivity index (χ2n) is 7.00. The summed E-state index contributed by atoms with van der Waals surface area (Å²) < 4.78 is 17.7. The second kappa shape index (κ2) is 7.10. The van der Waals surface area contributed by atoms with Crippen LogP contribution in [0.5, 0.6) is 11.5 Å². The van der Waals surface area contributed by atoms with Crippen molar-refractivity contribution in [2.75, 3.05) is 18.5 Å². The predicted octanol–water partition coefficient (Wildman–Crippen LogP) is 5.13. The molecule has 5 aromatic rings. The van der Waals surface area contributed by atoms with Crippen LogP contribution in [-0.2, 0) is 0 Å². The van der Waals surface area contributed by atoms with E-state index in [-0.39, 0.29) is 11.6 Å². The van der Waals surface area contributed by atoms with Crippen LogP contribution in [0.2, 0.25) is 0 Å². The van der Waals surface area contributed by atoms with Gasteiger partial charge in [-0.25, -0.2) is 9.97 Å². The monoisotopic (exact) mass is 429 g/mol. The average molecular weight is 429 g/mol. The summed E-state index contributed by atoms with van der Waals surface area (Å²) in [4.78, 5) is 21.7. The van der Waals surface area contributed by atoms with E-state index in [1.165, 1.54) is 17.7 Å². The van der Waals surface area contributed by atoms with Crippen LogP contribution in [0.15, 0.2) is 65.4 Å². The topological polar surface area (TPSA) is 86.5 Å². The van der Waals surface area contributed by atoms with E-state index in [0.29, 0.717) is 41.2 Å². The van der Waals surface area contributed by atoms with Gasteiger partial charge in [0.2, 0.25) is 0 Å². The third-order valence-corrected chi connectivity index (χ3v) is 6.03. The molecule has 7 nitrogen and oxygen atoms in total. The molecule has 8 heteroatoms. The highest BCUT2D eigenvalue weighted by atomic mass is 32.1. The van der Waals surface area contributed by atoms with Gasteiger partial charge >= 0.3 is 0 Å². The highest BCUT2D eigenvalue weighted by molar-refractivity contribution is 7.22. The summed E-state index contributed by atoms with van der Waals surface area (Å²) in [5.74, 6) is 1.26. The van der Waals surface area contributed by atoms with Crippen LogP contribution >= 0.6 is 11.3 Å². The summed E-state index contributed by atoms with van der Waals surface area (Å²) >= 11 is 1.42. The number of benzene rings is 3. The molecule has 1 aliphatic heterocycles. The fourth-order valence-electron chi connectivity index (χ4n) is 3.67. The Kier molecular flexibility index (Phi) is 4.10. The predicted molar refractivity (Wildman–Crippen MR) is 118 cm³/mol. The van der Waals surface area contributed by atoms with Crippen molar-refractivity contribution in [2.24, 2.45) is 0 Å². The highest BCUT2D eigenvalue weighted by Gasteiger charge is 2.22. The Morgan fingerprint density at radius 1 is 1.00 bits per heavy atom. The Morgan fingerprint density at radius 2 is 1.87 bits per heavy atom. The number of rotatable bonds is 3. The fourth-order valence-corrected chi connectivity index (χ4v) is 4.55. The van der Waals surface area contributed by atoms with Crippen LogP contribution < -0.4 is 14.8 Å². The van der Waals surface area contributed by atoms with Crippen LogP contribution in [0.1, 0.15) is 10.5 Å². The minimum absolute atomic E-state index is 0.181. The smallest absolute Gasteiger partial charge is 0.280 e. The van der Waals surface area contributed by atoms with E-state index in [4.69, 9.17) is 13.9 Å². The molecule has 0 aliphatic carbocycles. The summed E-state index contributed by atoms with van der Waals surface area (Å²) in [6.07, 6.45) is 1.26. The zero-order valence-electron chi connectivity index (χ0n) is 16.1. The molecule has 0 radical (unpaired) electrons. The number of nitrogens with zero attached hydrogens (tertiary/aromatic N) is 2. The minimum Gasteiger partial charge on any atom is -0.486 e. The molecule has 0 spiro atoms. The van der Waals surface area contributed by atoms with Crippen LogP contribution in [0.3, 0.4) is 0 Å². The van der Waals surface area contributed by atoms with E-state index >= 15 is 0 Å². The van der Waals surface area contributed by atoms with Crippen LogP contribution in [-0.4, -0.2) is 29.1 Å². The average Bonchev–Trinajstić information content (AvgIpc) is 3.46. The lowest BCUT2D eigenvalue weighted by molar-refractivity contribution is 0.102. The first-order valence-corrected chi connectivity index (χ1v) is 10.5. The van der Waals surface area contributed by atoms with Crippen molar-refractivity contribution in [3.8, 4) is 22.8 Å². The van der Waals surface area contributed by atoms with E-state index in [1.54, 1.807) is 12.1 Å². The molecule has 152 valence electrons. The molecule has 2 aromatic heterocycles. The summed E-state index contributed by atoms with van der Waals surface area (Å²) in [6, 6.07) is 17.5. The van der Waals surface area contributed by atoms with Gasteiger partial charge in [0, 0.05) is 10.9 Å². The SMILES string of the molecule is O=C(Nc1nc2c(ccc3ccccc32)s1)c1ncoc1-c1ccc2c(c1)OCCO2. The molecular weight excluding hydrogens is 414 g/mol. The number of hydrogen-bond donors (Lipinski definition) is 1. The zero-order valence-corrected chi connectivity index (χ0v) is 16.9. The van der Waals surface area contributed by atoms with Crippen molar-refractivity contribution in [3.05, 3.63) is 66.7 Å². The normalized spacial score (nSPS) is 12.9. The second-order valence-corrected chi connectivity index (χ2v) is 8.03. The number of amides is 1. The molecule has 0 fully saturated rings. The van der Waals surface area contributed by atoms with Crippen molar-refractivity contribution in [1.82, 2.24) is 9.97 Å². The first-order valence-electron chi connectivity index (χ1n) is 9.69. The number of nitrogens with one attached hydrogen (secondary N) is 1. The number of carbonyl (C=O) groups excluding carboxylic acids is 1. The van der Waals surface area contributed by atoms with Gasteiger partial charge in [-0.2, -0.15) is 0 Å². The highest BCUT2D eigenvalue weighted by Crippen LogP contribution is 2.36. The lowest BCUT2D eigenvalue weighted by Gasteiger charge is -2.18. The summed E-state index contributed by atoms with van der Waals surface area (Å²) in [6.45, 7) is 0.992. The van der Waals surface area contributed by atoms with Crippen molar-refractivity contribution in [1.29, 1.82) is 0 Å². The molecule has 1 aliphatic rings. The van der Waals surface area contributed by atoms with Crippen molar-refractivity contribution in [3.63, 3.8) is 0 Å². The number of thiazole rings is 1. The number of oxazole rings is 1. The summed E-state index contributed by atoms with van der Waals surface area (Å²) in [5.41, 5.74) is 1.73. The number of aromatic nitrogens is 2. The van der Waals surface area contributed by atoms with Gasteiger partial charge in [-0.3, -0.25) is 10.1 Å². The lowest BCUT2D eigenvalue weighted by atomic mass is 10.1. The lowest BCUT2D eigenvalue weighted by Crippen LogP contribution is -2.15. The maximum atomic E-state index is 13.0. The third-order valence-electron chi connectivity index (χ3n) is 5.09. The Hall–Kier alpha value is -3.91. The maximum Gasteiger partial charge on any atom is 0.280 e. The quantitative estimate of drug-likeness (QED) is 0.428. The van der Waals surface area contributed by atoms with Crippen molar-refractivity contribution < 1.29 is 18.7 Å². The zero-order chi connectivity index (χ0) is 20.8. The first-order chi connectivity index (χ1) is 15.3. The van der Waals surface area contributed by atoms with Crippen molar-refractivity contribution >= 4 is 43.4 Å². The minimum atomic E-state index is -0.387. The fraction of sp³-hybridized carbons (Fsp3) is 0.0870. The Labute approximate surface area is 180 Å². The van der Waals surface area contributed by atoms with E-state index in [2.05, 4.69) is 21.4 Å². The van der Waals surface area contributed by atoms with Gasteiger partial charge in [-0.05, 0) is 29.7 Å². The summed E-state index contributed by atoms with van der Waals surface area (Å²) in [5, 5.41) is 5.53. The van der Waals surface area contributed by atoms with E-state index in [1.807, 2.05) is 36.4 Å². The van der Waals surface area contributed by atoms with Crippen LogP contribution in [0, 0.1) is 0 Å². The first kappa shape index (κ1) is 17.9. The molecule has 3 aromatic carbocycles. The molecule has 1 amide bonds. The van der Waals surface area contributed by atoms with Gasteiger partial charge in [0.15, 0.2) is 34.5 Å². The molecule has 0 atom stereocenters. The Balaban J connectivity index is 1.32. The van der Waals surface area contributed by atoms with Gasteiger partial charge in [0.25, 0.3) is 5.91 Å². The number of fused-ring (bicyclic) bond motifs is 4. The van der Waals surface area contributed by atoms with Gasteiger partial charge < -0.3 is 13.9 Å². The molecule has 1 N–H and O–H groups in total. The summed E-state index contributed by atoms with van der Waals surface area (Å²) in [7, 11) is 0. The maximum absolute atomic E-state index is 13.0. The van der Waals surface area contributed by atoms with Gasteiger partial charge in [0.05, 0.1) is 10.2 Å². The van der Waals surface area contributed by atoms with Gasteiger partial charge in [-0.1, -0.05) is 41.7 Å². The molecule has 0 unspecified atom stereocenters. The van der Waals surface area contributed by atoms with Gasteiger partial charge in [0.1, 0.15) is 13.2 Å². The third kappa shape index (κ3) is 3.08. The van der Waals surface area contributed by atoms with Crippen LogP contribution in [0.25, 0.3) is 32.3 Å². The molecule has 31 heavy (non-hydrogen) atoms. The molecular formula is C23H15N3O4S. The van der Waals surface area contributed by atoms with E-state index in [0.717, 1.165) is 21.0 Å². The molecule has 3 heterocycles. The molecule has 0 saturated carbocycles. The number of anilines is 1. The van der Waals surface area contributed by atoms with E-state index in [9.17, 15) is 4.79 Å². The van der Waals surface area contributed by atoms with E-state index < -0.39 is 0 Å². The van der Waals surface area contributed by atoms with Crippen molar-refractivity contribution in [2.45, 2.75) is 0 Å². The Morgan fingerprint density at radius 3 is 2.81 bits per heavy atom. The number of ether oxygens (including phenoxy) is 2. The van der Waals surface area contributed by atoms with Gasteiger partial charge in [-0.15, -0.1) is 0 Å². The number of hydrogen-bond acceptors (Lipinski definition) is 7. The van der Waals surface area contributed by atoms with Crippen LogP contribution in [0.4, 0.5) is 5.13 Å². The standard InChI is InChI=1S/C23H15N3O4S/c27-22(26-23-25-19-15-4-2-1-3-13(15)6-8-18(19)31-23)20-21(30-12-24-20)14-5-7-16-17(11-14)29-10-9-28-16/h1-8,11-12H,9-10H2,(H,25,26,27). The largest absolute Gasteiger partial charge is 0.486 e. The molecule has 0 saturated heterocycles. The molecule has 0 bridgehead atoms. The Bertz CT molecular complexity index is 1460. The molecule has 6 rings (SSSR count). The number of carbonyl (C=O) groups is 1.